The predicted octanol–water partition coefficient (Wildman–Crippen LogP) is 4.40. The van der Waals surface area contributed by atoms with Gasteiger partial charge in [-0.05, 0) is 42.5 Å². The first-order valence-electron chi connectivity index (χ1n) is 9.73. The van der Waals surface area contributed by atoms with Crippen LogP contribution in [0.4, 0.5) is 5.69 Å². The van der Waals surface area contributed by atoms with Gasteiger partial charge in [-0.1, -0.05) is 43.7 Å². The van der Waals surface area contributed by atoms with Crippen molar-refractivity contribution in [2.24, 2.45) is 0 Å². The van der Waals surface area contributed by atoms with Gasteiger partial charge in [-0.15, -0.1) is 0 Å². The topological polar surface area (TPSA) is 81.7 Å². The molecular weight excluding hydrogens is 390 g/mol. The third-order valence-corrected chi connectivity index (χ3v) is 4.94. The van der Waals surface area contributed by atoms with E-state index in [0.29, 0.717) is 37.3 Å². The van der Waals surface area contributed by atoms with Crippen molar-refractivity contribution in [1.82, 2.24) is 0 Å². The van der Waals surface area contributed by atoms with Crippen LogP contribution in [0.1, 0.15) is 38.2 Å². The Morgan fingerprint density at radius 3 is 2.45 bits per heavy atom. The third-order valence-electron chi connectivity index (χ3n) is 4.35. The molecule has 2 rings (SSSR count). The molecule has 0 saturated carbocycles. The standard InChI is InChI=1S/C22H29NO5S/c1-4-5-14-28-22-19(18-11-7-6-8-12-18)15-17(10-9-13-21(24)27-2)16-20(22)23-29(3,25)26/h6-8,11-12,15-16,23H,4-5,9-10,13-14H2,1-3H3. The molecule has 1 N–H and O–H groups in total. The first-order chi connectivity index (χ1) is 13.8. The molecule has 2 aromatic carbocycles. The van der Waals surface area contributed by atoms with Gasteiger partial charge in [0.1, 0.15) is 0 Å². The largest absolute Gasteiger partial charge is 0.491 e. The molecule has 0 heterocycles. The number of methoxy groups -OCH3 is 1. The van der Waals surface area contributed by atoms with E-state index in [9.17, 15) is 13.2 Å². The molecule has 0 aliphatic rings. The van der Waals surface area contributed by atoms with Crippen LogP contribution >= 0.6 is 0 Å². The maximum absolute atomic E-state index is 12.0. The van der Waals surface area contributed by atoms with E-state index >= 15 is 0 Å². The average molecular weight is 420 g/mol. The minimum atomic E-state index is -3.49. The van der Waals surface area contributed by atoms with Gasteiger partial charge in [-0.2, -0.15) is 0 Å². The molecule has 0 saturated heterocycles. The summed E-state index contributed by atoms with van der Waals surface area (Å²) in [6.07, 6.45) is 4.49. The Morgan fingerprint density at radius 2 is 1.83 bits per heavy atom. The summed E-state index contributed by atoms with van der Waals surface area (Å²) in [6.45, 7) is 2.57. The predicted molar refractivity (Wildman–Crippen MR) is 116 cm³/mol. The lowest BCUT2D eigenvalue weighted by Gasteiger charge is -2.19. The molecule has 0 aliphatic carbocycles. The van der Waals surface area contributed by atoms with Crippen molar-refractivity contribution in [3.8, 4) is 16.9 Å². The zero-order valence-electron chi connectivity index (χ0n) is 17.2. The van der Waals surface area contributed by atoms with Crippen LogP contribution in [0.5, 0.6) is 5.75 Å². The molecule has 0 unspecified atom stereocenters. The summed E-state index contributed by atoms with van der Waals surface area (Å²) in [4.78, 5) is 11.4. The molecule has 0 amide bonds. The highest BCUT2D eigenvalue weighted by Gasteiger charge is 2.17. The lowest BCUT2D eigenvalue weighted by molar-refractivity contribution is -0.140. The maximum atomic E-state index is 12.0. The Morgan fingerprint density at radius 1 is 1.10 bits per heavy atom. The highest BCUT2D eigenvalue weighted by molar-refractivity contribution is 7.92. The number of carbonyl (C=O) groups is 1. The van der Waals surface area contributed by atoms with Crippen LogP contribution in [-0.2, 0) is 26.0 Å². The number of hydrogen-bond acceptors (Lipinski definition) is 5. The van der Waals surface area contributed by atoms with Crippen molar-refractivity contribution in [2.75, 3.05) is 24.7 Å². The van der Waals surface area contributed by atoms with E-state index in [4.69, 9.17) is 9.47 Å². The van der Waals surface area contributed by atoms with Crippen LogP contribution in [0.3, 0.4) is 0 Å². The lowest BCUT2D eigenvalue weighted by Crippen LogP contribution is -2.12. The van der Waals surface area contributed by atoms with Gasteiger partial charge in [0, 0.05) is 12.0 Å². The number of hydrogen-bond donors (Lipinski definition) is 1. The molecule has 0 fully saturated rings. The average Bonchev–Trinajstić information content (AvgIpc) is 2.68. The number of rotatable bonds is 11. The summed E-state index contributed by atoms with van der Waals surface area (Å²) in [6, 6.07) is 13.5. The van der Waals surface area contributed by atoms with Crippen molar-refractivity contribution in [2.45, 2.75) is 39.0 Å². The van der Waals surface area contributed by atoms with E-state index in [-0.39, 0.29) is 5.97 Å². The fraction of sp³-hybridized carbons (Fsp3) is 0.409. The molecule has 0 bridgehead atoms. The van der Waals surface area contributed by atoms with E-state index in [2.05, 4.69) is 11.6 Å². The number of sulfonamides is 1. The van der Waals surface area contributed by atoms with E-state index in [1.165, 1.54) is 7.11 Å². The molecule has 6 nitrogen and oxygen atoms in total. The Hall–Kier alpha value is -2.54. The number of nitrogens with one attached hydrogen (secondary N) is 1. The first kappa shape index (κ1) is 22.7. The molecule has 29 heavy (non-hydrogen) atoms. The summed E-state index contributed by atoms with van der Waals surface area (Å²) < 4.78 is 37.2. The molecule has 0 atom stereocenters. The van der Waals surface area contributed by atoms with Crippen molar-refractivity contribution >= 4 is 21.7 Å². The van der Waals surface area contributed by atoms with Gasteiger partial charge in [-0.3, -0.25) is 9.52 Å². The van der Waals surface area contributed by atoms with Crippen molar-refractivity contribution < 1.29 is 22.7 Å². The van der Waals surface area contributed by atoms with Crippen LogP contribution in [0, 0.1) is 0 Å². The Kier molecular flexibility index (Phi) is 8.51. The normalized spacial score (nSPS) is 11.1. The molecule has 158 valence electrons. The SMILES string of the molecule is CCCCOc1c(NS(C)(=O)=O)cc(CCCC(=O)OC)cc1-c1ccccc1. The van der Waals surface area contributed by atoms with Gasteiger partial charge in [0.15, 0.2) is 5.75 Å². The molecule has 0 aromatic heterocycles. The minimum absolute atomic E-state index is 0.262. The molecule has 0 radical (unpaired) electrons. The van der Waals surface area contributed by atoms with Gasteiger partial charge >= 0.3 is 5.97 Å². The van der Waals surface area contributed by atoms with E-state index in [1.54, 1.807) is 6.07 Å². The van der Waals surface area contributed by atoms with Crippen LogP contribution < -0.4 is 9.46 Å². The number of unbranched alkanes of at least 4 members (excludes halogenated alkanes) is 1. The van der Waals surface area contributed by atoms with Crippen molar-refractivity contribution in [1.29, 1.82) is 0 Å². The number of benzene rings is 2. The lowest BCUT2D eigenvalue weighted by atomic mass is 9.98. The van der Waals surface area contributed by atoms with Crippen LogP contribution in [0.15, 0.2) is 42.5 Å². The Bertz CT molecular complexity index is 910. The summed E-state index contributed by atoms with van der Waals surface area (Å²) >= 11 is 0. The molecular formula is C22H29NO5S. The van der Waals surface area contributed by atoms with Gasteiger partial charge in [0.2, 0.25) is 10.0 Å². The number of carbonyl (C=O) groups excluding carboxylic acids is 1. The van der Waals surface area contributed by atoms with Gasteiger partial charge in [0.25, 0.3) is 0 Å². The smallest absolute Gasteiger partial charge is 0.305 e. The van der Waals surface area contributed by atoms with E-state index < -0.39 is 10.0 Å². The highest BCUT2D eigenvalue weighted by Crippen LogP contribution is 2.39. The second-order valence-corrected chi connectivity index (χ2v) is 8.64. The number of aryl methyl sites for hydroxylation is 1. The monoisotopic (exact) mass is 419 g/mol. The summed E-state index contributed by atoms with van der Waals surface area (Å²) in [5.74, 6) is 0.258. The van der Waals surface area contributed by atoms with Crippen molar-refractivity contribution in [3.63, 3.8) is 0 Å². The zero-order chi connectivity index (χ0) is 21.3. The number of ether oxygens (including phenoxy) is 2. The molecule has 7 heteroatoms. The second kappa shape index (κ2) is 10.9. The molecule has 0 aliphatic heterocycles. The quantitative estimate of drug-likeness (QED) is 0.431. The first-order valence-corrected chi connectivity index (χ1v) is 11.6. The van der Waals surface area contributed by atoms with Gasteiger partial charge < -0.3 is 9.47 Å². The fourth-order valence-corrected chi connectivity index (χ4v) is 3.50. The van der Waals surface area contributed by atoms with E-state index in [1.807, 2.05) is 36.4 Å². The summed E-state index contributed by atoms with van der Waals surface area (Å²) in [7, 11) is -2.12. The van der Waals surface area contributed by atoms with Gasteiger partial charge in [-0.25, -0.2) is 8.42 Å². The highest BCUT2D eigenvalue weighted by atomic mass is 32.2. The minimum Gasteiger partial charge on any atom is -0.491 e. The van der Waals surface area contributed by atoms with Crippen LogP contribution in [-0.4, -0.2) is 34.4 Å². The number of anilines is 1. The van der Waals surface area contributed by atoms with Gasteiger partial charge in [0.05, 0.1) is 25.7 Å². The Balaban J connectivity index is 2.48. The second-order valence-electron chi connectivity index (χ2n) is 6.89. The van der Waals surface area contributed by atoms with Crippen molar-refractivity contribution in [3.05, 3.63) is 48.0 Å². The number of esters is 1. The molecule has 0 spiro atoms. The van der Waals surface area contributed by atoms with E-state index in [0.717, 1.165) is 35.8 Å². The zero-order valence-corrected chi connectivity index (χ0v) is 18.1. The third kappa shape index (κ3) is 7.42. The summed E-state index contributed by atoms with van der Waals surface area (Å²) in [5.41, 5.74) is 3.09. The van der Waals surface area contributed by atoms with Crippen LogP contribution in [0.25, 0.3) is 11.1 Å². The molecule has 2 aromatic rings. The Labute approximate surface area is 173 Å². The summed E-state index contributed by atoms with van der Waals surface area (Å²) in [5, 5.41) is 0. The van der Waals surface area contributed by atoms with Crippen LogP contribution in [0.2, 0.25) is 0 Å². The fourth-order valence-electron chi connectivity index (χ4n) is 2.95. The maximum Gasteiger partial charge on any atom is 0.305 e.